The Morgan fingerprint density at radius 1 is 1.23 bits per heavy atom. The van der Waals surface area contributed by atoms with E-state index in [-0.39, 0.29) is 17.7 Å². The second-order valence-electron chi connectivity index (χ2n) is 5.57. The Labute approximate surface area is 148 Å². The first-order chi connectivity index (χ1) is 12.3. The maximum Gasteiger partial charge on any atom is 0.354 e. The minimum absolute atomic E-state index is 0.00926. The number of rotatable bonds is 5. The van der Waals surface area contributed by atoms with Crippen molar-refractivity contribution in [2.75, 3.05) is 7.11 Å². The van der Waals surface area contributed by atoms with Crippen molar-refractivity contribution in [3.8, 4) is 0 Å². The van der Waals surface area contributed by atoms with Crippen molar-refractivity contribution in [1.82, 2.24) is 0 Å². The van der Waals surface area contributed by atoms with Crippen LogP contribution in [-0.2, 0) is 23.8 Å². The molecule has 0 bridgehead atoms. The van der Waals surface area contributed by atoms with Gasteiger partial charge in [0.25, 0.3) is 5.69 Å². The minimum atomic E-state index is -1.83. The van der Waals surface area contributed by atoms with Crippen LogP contribution in [0, 0.1) is 10.1 Å². The Bertz CT molecular complexity index is 755. The van der Waals surface area contributed by atoms with Gasteiger partial charge in [-0.3, -0.25) is 14.9 Å². The van der Waals surface area contributed by atoms with E-state index in [1.165, 1.54) is 25.1 Å². The largest absolute Gasteiger partial charge is 0.466 e. The van der Waals surface area contributed by atoms with Gasteiger partial charge in [0, 0.05) is 25.5 Å². The van der Waals surface area contributed by atoms with E-state index in [0.717, 1.165) is 19.2 Å². The van der Waals surface area contributed by atoms with Gasteiger partial charge >= 0.3 is 17.9 Å². The van der Waals surface area contributed by atoms with E-state index < -0.39 is 34.5 Å². The predicted molar refractivity (Wildman–Crippen MR) is 87.2 cm³/mol. The molecule has 138 valence electrons. The summed E-state index contributed by atoms with van der Waals surface area (Å²) in [6.07, 6.45) is 2.50. The quantitative estimate of drug-likeness (QED) is 0.256. The van der Waals surface area contributed by atoms with Crippen LogP contribution >= 0.6 is 0 Å². The van der Waals surface area contributed by atoms with Crippen molar-refractivity contribution >= 4 is 23.6 Å². The third-order valence-corrected chi connectivity index (χ3v) is 3.87. The smallest absolute Gasteiger partial charge is 0.354 e. The summed E-state index contributed by atoms with van der Waals surface area (Å²) < 4.78 is 15.3. The fourth-order valence-corrected chi connectivity index (χ4v) is 2.61. The molecule has 0 aromatic heterocycles. The van der Waals surface area contributed by atoms with Gasteiger partial charge in [0.1, 0.15) is 0 Å². The molecule has 0 saturated carbocycles. The fourth-order valence-electron chi connectivity index (χ4n) is 2.61. The van der Waals surface area contributed by atoms with Crippen molar-refractivity contribution in [3.05, 3.63) is 52.1 Å². The van der Waals surface area contributed by atoms with Crippen LogP contribution in [0.4, 0.5) is 5.69 Å². The summed E-state index contributed by atoms with van der Waals surface area (Å²) in [6.45, 7) is 1.17. The van der Waals surface area contributed by atoms with Crippen molar-refractivity contribution < 1.29 is 33.5 Å². The highest BCUT2D eigenvalue weighted by Crippen LogP contribution is 2.33. The highest BCUT2D eigenvalue weighted by Gasteiger charge is 2.52. The average molecular weight is 363 g/mol. The van der Waals surface area contributed by atoms with Gasteiger partial charge in [-0.15, -0.1) is 0 Å². The van der Waals surface area contributed by atoms with Gasteiger partial charge in [-0.05, 0) is 24.6 Å². The van der Waals surface area contributed by atoms with E-state index in [2.05, 4.69) is 0 Å². The van der Waals surface area contributed by atoms with Gasteiger partial charge in [-0.25, -0.2) is 9.59 Å². The monoisotopic (exact) mass is 363 g/mol. The van der Waals surface area contributed by atoms with Gasteiger partial charge < -0.3 is 14.2 Å². The second-order valence-corrected chi connectivity index (χ2v) is 5.57. The topological polar surface area (TPSA) is 122 Å². The summed E-state index contributed by atoms with van der Waals surface area (Å²) >= 11 is 0. The number of nitro groups is 1. The SMILES string of the molecule is COC(=O)[C@]1(OC(=O)c2ccc([N+](=O)[O-])cc2)CCC=C[C@@H]1OC(C)=O. The first kappa shape index (κ1) is 19.1. The molecule has 0 aliphatic heterocycles. The summed E-state index contributed by atoms with van der Waals surface area (Å²) in [5.41, 5.74) is -2.01. The molecular formula is C17H17NO8. The zero-order valence-corrected chi connectivity index (χ0v) is 14.2. The zero-order chi connectivity index (χ0) is 19.3. The molecule has 0 unspecified atom stereocenters. The van der Waals surface area contributed by atoms with Gasteiger partial charge in [0.2, 0.25) is 5.60 Å². The first-order valence-corrected chi connectivity index (χ1v) is 7.70. The zero-order valence-electron chi connectivity index (χ0n) is 14.2. The Morgan fingerprint density at radius 2 is 1.88 bits per heavy atom. The molecule has 1 aromatic carbocycles. The molecule has 9 heteroatoms. The Hall–Kier alpha value is -3.23. The number of non-ortho nitro benzene ring substituents is 1. The van der Waals surface area contributed by atoms with Gasteiger partial charge in [0.15, 0.2) is 6.10 Å². The number of allylic oxidation sites excluding steroid dienone is 1. The van der Waals surface area contributed by atoms with Crippen LogP contribution in [0.3, 0.4) is 0 Å². The van der Waals surface area contributed by atoms with E-state index in [1.807, 2.05) is 0 Å². The summed E-state index contributed by atoms with van der Waals surface area (Å²) in [5.74, 6) is -2.40. The first-order valence-electron chi connectivity index (χ1n) is 7.70. The van der Waals surface area contributed by atoms with E-state index in [0.29, 0.717) is 6.42 Å². The maximum absolute atomic E-state index is 12.5. The Balaban J connectivity index is 2.33. The lowest BCUT2D eigenvalue weighted by molar-refractivity contribution is -0.384. The van der Waals surface area contributed by atoms with Gasteiger partial charge in [0.05, 0.1) is 17.6 Å². The number of carbonyl (C=O) groups is 3. The molecular weight excluding hydrogens is 346 g/mol. The molecule has 0 fully saturated rings. The number of ether oxygens (including phenoxy) is 3. The van der Waals surface area contributed by atoms with Crippen molar-refractivity contribution in [1.29, 1.82) is 0 Å². The highest BCUT2D eigenvalue weighted by atomic mass is 16.6. The summed E-state index contributed by atoms with van der Waals surface area (Å²) in [6, 6.07) is 4.72. The number of benzene rings is 1. The molecule has 0 saturated heterocycles. The number of nitro benzene ring substituents is 1. The van der Waals surface area contributed by atoms with Crippen molar-refractivity contribution in [3.63, 3.8) is 0 Å². The third-order valence-electron chi connectivity index (χ3n) is 3.87. The number of hydrogen-bond acceptors (Lipinski definition) is 8. The standard InChI is InChI=1S/C17H17NO8/c1-11(19)25-14-5-3-4-10-17(14,16(21)24-2)26-15(20)12-6-8-13(9-7-12)18(22)23/h3,5-9,14H,4,10H2,1-2H3/t14-,17-/m0/s1. The van der Waals surface area contributed by atoms with Gasteiger partial charge in [-0.1, -0.05) is 6.08 Å². The number of nitrogens with zero attached hydrogens (tertiary/aromatic N) is 1. The van der Waals surface area contributed by atoms with Crippen LogP contribution in [0.5, 0.6) is 0 Å². The number of hydrogen-bond donors (Lipinski definition) is 0. The molecule has 1 aromatic rings. The summed E-state index contributed by atoms with van der Waals surface area (Å²) in [7, 11) is 1.13. The molecule has 0 heterocycles. The lowest BCUT2D eigenvalue weighted by Gasteiger charge is -2.37. The lowest BCUT2D eigenvalue weighted by atomic mass is 9.86. The average Bonchev–Trinajstić information content (AvgIpc) is 2.62. The Morgan fingerprint density at radius 3 is 2.42 bits per heavy atom. The molecule has 2 rings (SSSR count). The third kappa shape index (κ3) is 3.88. The predicted octanol–water partition coefficient (Wildman–Crippen LogP) is 1.95. The molecule has 1 aliphatic rings. The molecule has 26 heavy (non-hydrogen) atoms. The van der Waals surface area contributed by atoms with E-state index in [1.54, 1.807) is 6.08 Å². The van der Waals surface area contributed by atoms with Crippen molar-refractivity contribution in [2.24, 2.45) is 0 Å². The highest BCUT2D eigenvalue weighted by molar-refractivity contribution is 5.93. The molecule has 0 radical (unpaired) electrons. The molecule has 0 N–H and O–H groups in total. The number of carbonyl (C=O) groups excluding carboxylic acids is 3. The summed E-state index contributed by atoms with van der Waals surface area (Å²) in [5, 5.41) is 10.7. The summed E-state index contributed by atoms with van der Waals surface area (Å²) in [4.78, 5) is 46.3. The maximum atomic E-state index is 12.5. The molecule has 2 atom stereocenters. The van der Waals surface area contributed by atoms with Crippen LogP contribution in [0.1, 0.15) is 30.1 Å². The molecule has 1 aliphatic carbocycles. The van der Waals surface area contributed by atoms with Crippen LogP contribution in [0.25, 0.3) is 0 Å². The van der Waals surface area contributed by atoms with Crippen LogP contribution < -0.4 is 0 Å². The molecule has 9 nitrogen and oxygen atoms in total. The van der Waals surface area contributed by atoms with Crippen LogP contribution in [0.15, 0.2) is 36.4 Å². The van der Waals surface area contributed by atoms with Crippen LogP contribution in [-0.4, -0.2) is 41.6 Å². The normalized spacial score (nSPS) is 21.5. The van der Waals surface area contributed by atoms with Gasteiger partial charge in [-0.2, -0.15) is 0 Å². The second kappa shape index (κ2) is 7.77. The van der Waals surface area contributed by atoms with Crippen molar-refractivity contribution in [2.45, 2.75) is 31.5 Å². The number of methoxy groups -OCH3 is 1. The van der Waals surface area contributed by atoms with Crippen LogP contribution in [0.2, 0.25) is 0 Å². The molecule has 0 amide bonds. The van der Waals surface area contributed by atoms with E-state index in [4.69, 9.17) is 14.2 Å². The Kier molecular flexibility index (Phi) is 5.71. The van der Waals surface area contributed by atoms with E-state index >= 15 is 0 Å². The number of esters is 3. The fraction of sp³-hybridized carbons (Fsp3) is 0.353. The minimum Gasteiger partial charge on any atom is -0.466 e. The lowest BCUT2D eigenvalue weighted by Crippen LogP contribution is -2.55. The molecule has 0 spiro atoms. The van der Waals surface area contributed by atoms with E-state index in [9.17, 15) is 24.5 Å².